The fourth-order valence-electron chi connectivity index (χ4n) is 2.26. The normalized spacial score (nSPS) is 16.3. The zero-order valence-electron chi connectivity index (χ0n) is 11.8. The van der Waals surface area contributed by atoms with E-state index in [4.69, 9.17) is 23.8 Å². The molecule has 1 aliphatic heterocycles. The molecule has 1 saturated heterocycles. The van der Waals surface area contributed by atoms with Gasteiger partial charge < -0.3 is 5.32 Å². The molecule has 1 amide bonds. The molecule has 1 N–H and O–H groups in total. The highest BCUT2D eigenvalue weighted by molar-refractivity contribution is 7.80. The summed E-state index contributed by atoms with van der Waals surface area (Å²) in [6.45, 7) is 1.98. The van der Waals surface area contributed by atoms with E-state index < -0.39 is 0 Å². The number of nitrogens with zero attached hydrogens (tertiary/aromatic N) is 1. The van der Waals surface area contributed by atoms with E-state index in [0.717, 1.165) is 16.8 Å². The van der Waals surface area contributed by atoms with Crippen LogP contribution in [0.4, 0.5) is 5.69 Å². The SMILES string of the molecule is Cc1cccc(N2C(=O)/C(=C/c3ccc(Cl)cc3)NC2=S)c1. The van der Waals surface area contributed by atoms with Crippen LogP contribution in [0.15, 0.2) is 54.2 Å². The third-order valence-corrected chi connectivity index (χ3v) is 3.86. The number of benzene rings is 2. The van der Waals surface area contributed by atoms with E-state index in [1.807, 2.05) is 43.3 Å². The lowest BCUT2D eigenvalue weighted by Crippen LogP contribution is -2.30. The minimum atomic E-state index is -0.162. The van der Waals surface area contributed by atoms with Crippen molar-refractivity contribution in [3.63, 3.8) is 0 Å². The number of nitrogens with one attached hydrogen (secondary N) is 1. The molecule has 110 valence electrons. The predicted molar refractivity (Wildman–Crippen MR) is 93.8 cm³/mol. The van der Waals surface area contributed by atoms with Crippen molar-refractivity contribution >= 4 is 46.6 Å². The Morgan fingerprint density at radius 2 is 1.91 bits per heavy atom. The fourth-order valence-corrected chi connectivity index (χ4v) is 2.69. The van der Waals surface area contributed by atoms with Gasteiger partial charge in [-0.2, -0.15) is 0 Å². The standard InChI is InChI=1S/C17H13ClN2OS/c1-11-3-2-4-14(9-11)20-16(21)15(19-17(20)22)10-12-5-7-13(18)8-6-12/h2-10H,1H3,(H,19,22)/b15-10-. The van der Waals surface area contributed by atoms with Crippen LogP contribution in [0.2, 0.25) is 5.02 Å². The van der Waals surface area contributed by atoms with Gasteiger partial charge in [-0.05, 0) is 60.6 Å². The minimum Gasteiger partial charge on any atom is -0.327 e. The van der Waals surface area contributed by atoms with Crippen LogP contribution in [0.25, 0.3) is 6.08 Å². The van der Waals surface area contributed by atoms with Gasteiger partial charge in [-0.3, -0.25) is 9.69 Å². The van der Waals surface area contributed by atoms with Gasteiger partial charge in [-0.25, -0.2) is 0 Å². The third kappa shape index (κ3) is 2.89. The Morgan fingerprint density at radius 3 is 2.59 bits per heavy atom. The summed E-state index contributed by atoms with van der Waals surface area (Å²) in [6.07, 6.45) is 1.76. The summed E-state index contributed by atoms with van der Waals surface area (Å²) in [7, 11) is 0. The number of anilines is 1. The lowest BCUT2D eigenvalue weighted by Gasteiger charge is -2.14. The molecule has 2 aromatic rings. The number of carbonyl (C=O) groups excluding carboxylic acids is 1. The molecule has 0 atom stereocenters. The van der Waals surface area contributed by atoms with Crippen LogP contribution in [0.3, 0.4) is 0 Å². The average molecular weight is 329 g/mol. The van der Waals surface area contributed by atoms with E-state index in [1.165, 1.54) is 4.90 Å². The quantitative estimate of drug-likeness (QED) is 0.670. The molecule has 1 fully saturated rings. The van der Waals surface area contributed by atoms with Crippen molar-refractivity contribution in [3.05, 3.63) is 70.4 Å². The van der Waals surface area contributed by atoms with Gasteiger partial charge in [0.1, 0.15) is 5.70 Å². The van der Waals surface area contributed by atoms with Crippen molar-refractivity contribution in [3.8, 4) is 0 Å². The van der Waals surface area contributed by atoms with Gasteiger partial charge in [0.2, 0.25) is 0 Å². The van der Waals surface area contributed by atoms with Gasteiger partial charge in [0.15, 0.2) is 5.11 Å². The molecule has 2 aromatic carbocycles. The maximum absolute atomic E-state index is 12.6. The van der Waals surface area contributed by atoms with Gasteiger partial charge in [0.25, 0.3) is 5.91 Å². The maximum atomic E-state index is 12.6. The molecule has 0 unspecified atom stereocenters. The van der Waals surface area contributed by atoms with Crippen molar-refractivity contribution < 1.29 is 4.79 Å². The Labute approximate surface area is 139 Å². The van der Waals surface area contributed by atoms with Gasteiger partial charge in [0, 0.05) is 5.02 Å². The molecule has 5 heteroatoms. The second-order valence-corrected chi connectivity index (χ2v) is 5.84. The van der Waals surface area contributed by atoms with E-state index in [2.05, 4.69) is 5.32 Å². The van der Waals surface area contributed by atoms with E-state index >= 15 is 0 Å². The van der Waals surface area contributed by atoms with Gasteiger partial charge in [0.05, 0.1) is 5.69 Å². The fraction of sp³-hybridized carbons (Fsp3) is 0.0588. The van der Waals surface area contributed by atoms with Crippen LogP contribution in [0.5, 0.6) is 0 Å². The highest BCUT2D eigenvalue weighted by Crippen LogP contribution is 2.23. The summed E-state index contributed by atoms with van der Waals surface area (Å²) >= 11 is 11.2. The average Bonchev–Trinajstić information content (AvgIpc) is 2.76. The number of hydrogen-bond donors (Lipinski definition) is 1. The van der Waals surface area contributed by atoms with Crippen molar-refractivity contribution in [2.45, 2.75) is 6.92 Å². The minimum absolute atomic E-state index is 0.162. The second kappa shape index (κ2) is 5.91. The first-order chi connectivity index (χ1) is 10.5. The lowest BCUT2D eigenvalue weighted by atomic mass is 10.2. The molecular formula is C17H13ClN2OS. The predicted octanol–water partition coefficient (Wildman–Crippen LogP) is 3.91. The van der Waals surface area contributed by atoms with Gasteiger partial charge in [-0.1, -0.05) is 35.9 Å². The molecule has 1 heterocycles. The summed E-state index contributed by atoms with van der Waals surface area (Å²) in [5.74, 6) is -0.162. The van der Waals surface area contributed by atoms with Gasteiger partial charge in [-0.15, -0.1) is 0 Å². The van der Waals surface area contributed by atoms with Crippen molar-refractivity contribution in [1.29, 1.82) is 0 Å². The molecule has 0 bridgehead atoms. The molecule has 0 radical (unpaired) electrons. The smallest absolute Gasteiger partial charge is 0.281 e. The van der Waals surface area contributed by atoms with E-state index in [-0.39, 0.29) is 5.91 Å². The molecule has 3 rings (SSSR count). The topological polar surface area (TPSA) is 32.3 Å². The Balaban J connectivity index is 1.93. The number of amides is 1. The van der Waals surface area contributed by atoms with Crippen molar-refractivity contribution in [2.24, 2.45) is 0 Å². The molecule has 0 saturated carbocycles. The molecule has 0 aliphatic carbocycles. The first-order valence-electron chi connectivity index (χ1n) is 6.74. The first-order valence-corrected chi connectivity index (χ1v) is 7.52. The van der Waals surface area contributed by atoms with Crippen LogP contribution in [-0.4, -0.2) is 11.0 Å². The number of thiocarbonyl (C=S) groups is 1. The Kier molecular flexibility index (Phi) is 3.96. The first kappa shape index (κ1) is 14.8. The maximum Gasteiger partial charge on any atom is 0.281 e. The molecule has 0 spiro atoms. The van der Waals surface area contributed by atoms with E-state index in [9.17, 15) is 4.79 Å². The Morgan fingerprint density at radius 1 is 1.18 bits per heavy atom. The summed E-state index contributed by atoms with van der Waals surface area (Å²) in [5, 5.41) is 4.01. The largest absolute Gasteiger partial charge is 0.327 e. The van der Waals surface area contributed by atoms with Crippen LogP contribution in [0.1, 0.15) is 11.1 Å². The zero-order chi connectivity index (χ0) is 15.7. The van der Waals surface area contributed by atoms with Crippen LogP contribution in [0, 0.1) is 6.92 Å². The van der Waals surface area contributed by atoms with E-state index in [1.54, 1.807) is 18.2 Å². The Bertz CT molecular complexity index is 784. The molecule has 3 nitrogen and oxygen atoms in total. The summed E-state index contributed by atoms with van der Waals surface area (Å²) < 4.78 is 0. The van der Waals surface area contributed by atoms with Gasteiger partial charge >= 0.3 is 0 Å². The highest BCUT2D eigenvalue weighted by Gasteiger charge is 2.31. The zero-order valence-corrected chi connectivity index (χ0v) is 13.4. The number of halogens is 1. The number of hydrogen-bond acceptors (Lipinski definition) is 2. The number of aryl methyl sites for hydroxylation is 1. The summed E-state index contributed by atoms with van der Waals surface area (Å²) in [6, 6.07) is 14.9. The summed E-state index contributed by atoms with van der Waals surface area (Å²) in [5.41, 5.74) is 3.17. The van der Waals surface area contributed by atoms with Crippen LogP contribution < -0.4 is 10.2 Å². The molecular weight excluding hydrogens is 316 g/mol. The molecule has 22 heavy (non-hydrogen) atoms. The van der Waals surface area contributed by atoms with Crippen molar-refractivity contribution in [2.75, 3.05) is 4.90 Å². The van der Waals surface area contributed by atoms with Crippen LogP contribution >= 0.6 is 23.8 Å². The highest BCUT2D eigenvalue weighted by atomic mass is 35.5. The molecule has 0 aromatic heterocycles. The number of rotatable bonds is 2. The monoisotopic (exact) mass is 328 g/mol. The number of carbonyl (C=O) groups is 1. The third-order valence-electron chi connectivity index (χ3n) is 3.32. The van der Waals surface area contributed by atoms with Crippen molar-refractivity contribution in [1.82, 2.24) is 5.32 Å². The van der Waals surface area contributed by atoms with E-state index in [0.29, 0.717) is 15.8 Å². The van der Waals surface area contributed by atoms with Crippen LogP contribution in [-0.2, 0) is 4.79 Å². The lowest BCUT2D eigenvalue weighted by molar-refractivity contribution is -0.113. The summed E-state index contributed by atoms with van der Waals surface area (Å²) in [4.78, 5) is 14.1. The Hall–Kier alpha value is -2.17. The second-order valence-electron chi connectivity index (χ2n) is 5.02. The molecule has 1 aliphatic rings.